The quantitative estimate of drug-likeness (QED) is 0.0130. The van der Waals surface area contributed by atoms with Crippen LogP contribution in [0.15, 0.2) is 61.2 Å². The van der Waals surface area contributed by atoms with Gasteiger partial charge in [-0.25, -0.2) is 61.5 Å². The van der Waals surface area contributed by atoms with Gasteiger partial charge in [0, 0.05) is 57.5 Å². The Morgan fingerprint density at radius 3 is 0.723 bits per heavy atom. The molecule has 0 radical (unpaired) electrons. The number of phenols is 2. The van der Waals surface area contributed by atoms with Gasteiger partial charge < -0.3 is 63.3 Å². The van der Waals surface area contributed by atoms with E-state index in [2.05, 4.69) is 65.4 Å². The first kappa shape index (κ1) is 148. The molecule has 112 heavy (non-hydrogen) atoms. The van der Waals surface area contributed by atoms with Gasteiger partial charge in [0.2, 0.25) is 45.9 Å². The summed E-state index contributed by atoms with van der Waals surface area (Å²) < 4.78 is 229. The van der Waals surface area contributed by atoms with Crippen molar-refractivity contribution in [1.82, 2.24) is 0 Å². The number of carbonyl (C=O) groups is 6. The molecule has 0 heterocycles. The summed E-state index contributed by atoms with van der Waals surface area (Å²) in [6.07, 6.45) is 0. The van der Waals surface area contributed by atoms with Gasteiger partial charge in [-0.15, -0.1) is 89.5 Å². The number of thiol groups is 2. The number of hydrogen-bond donors (Lipinski definition) is 4. The van der Waals surface area contributed by atoms with E-state index in [1.165, 1.54) is 21.6 Å². The largest absolute Gasteiger partial charge is 1.00 e. The zero-order valence-corrected chi connectivity index (χ0v) is 93.1. The predicted molar refractivity (Wildman–Crippen MR) is 393 cm³/mol. The molecular formula is C44H36Cl8N4Na8O32S16. The SMILES string of the molecule is O=C1C(Cl)=C(Cl)C(=O)C(Cl)=C1Cl.O=S(=O)([O-])CCS.O=S(=O)([O-])CCS.O=S(=O)=O.O=S(=O)=O.O=S(=O)=O.[C-]#[N+]C1=C([N+]#[C-])C(=O)C(Cl)=C(Cl)C1=O.[C-]#[N+]c1c(O)c(Cl)c(Cl)c(O)c1[N+]#[C-].[CH2-]CSC1=C(SC[CH2-])C(=O)C(SCCS(=O)(=O)[O-])=C(SCCS(=O)(=O)[O-])C1=O.[CH2-]CSSCCS(=O)(=O)[O-].[Na+].[Na+].[Na+].[Na+].[Na+].[Na+].[Na+].[Na+]. The number of Topliss-reactive ketones (excluding diaryl/α,β-unsaturated/α-hetero) is 6. The van der Waals surface area contributed by atoms with Gasteiger partial charge in [0.15, 0.2) is 11.6 Å². The first-order valence-corrected chi connectivity index (χ1v) is 45.4. The molecule has 0 fully saturated rings. The molecule has 3 aliphatic rings. The number of carbonyl (C=O) groups excluding carboxylic acids is 6. The minimum absolute atomic E-state index is 0. The van der Waals surface area contributed by atoms with Crippen molar-refractivity contribution < 1.29 is 378 Å². The molecule has 0 aromatic heterocycles. The number of benzene rings is 1. The van der Waals surface area contributed by atoms with Crippen molar-refractivity contribution in [2.45, 2.75) is 0 Å². The van der Waals surface area contributed by atoms with Crippen LogP contribution in [0.3, 0.4) is 0 Å². The molecule has 0 saturated carbocycles. The summed E-state index contributed by atoms with van der Waals surface area (Å²) in [4.78, 5) is 81.7. The third-order valence-electron chi connectivity index (χ3n) is 8.31. The molecular weight excluding hydrogens is 2080 g/mol. The Labute approximate surface area is 900 Å². The minimum atomic E-state index is -4.51. The molecule has 0 amide bonds. The van der Waals surface area contributed by atoms with E-state index >= 15 is 0 Å². The molecule has 0 spiro atoms. The van der Waals surface area contributed by atoms with Gasteiger partial charge in [-0.3, -0.25) is 19.2 Å². The van der Waals surface area contributed by atoms with Crippen molar-refractivity contribution in [2.24, 2.45) is 0 Å². The van der Waals surface area contributed by atoms with E-state index in [1.54, 1.807) is 0 Å². The Balaban J connectivity index is -0.0000000837. The van der Waals surface area contributed by atoms with E-state index in [9.17, 15) is 104 Å². The summed E-state index contributed by atoms with van der Waals surface area (Å²) in [5.74, 6) is -6.68. The van der Waals surface area contributed by atoms with Crippen LogP contribution in [0.5, 0.6) is 11.5 Å². The number of ketones is 6. The van der Waals surface area contributed by atoms with Crippen molar-refractivity contribution in [1.29, 1.82) is 0 Å². The van der Waals surface area contributed by atoms with E-state index in [-0.39, 0.29) is 318 Å². The fraction of sp³-hybridized carbons (Fsp3) is 0.295. The van der Waals surface area contributed by atoms with Gasteiger partial charge in [0.25, 0.3) is 0 Å². The molecule has 0 bridgehead atoms. The van der Waals surface area contributed by atoms with E-state index < -0.39 is 193 Å². The van der Waals surface area contributed by atoms with Crippen molar-refractivity contribution in [2.75, 3.05) is 74.8 Å². The summed E-state index contributed by atoms with van der Waals surface area (Å²) >= 11 is 54.0. The molecule has 1 aromatic carbocycles. The average molecular weight is 2110 g/mol. The predicted octanol–water partition coefficient (Wildman–Crippen LogP) is -18.2. The van der Waals surface area contributed by atoms with Crippen LogP contribution in [0.2, 0.25) is 10.0 Å². The normalized spacial score (nSPS) is 12.6. The standard InChI is InChI=1S/C14H18O8S6.C8H2Cl2N2O2.C8Cl2N2O2.C6Cl4O2.C4H9O3S3.2C2H6O3S2.8Na.3O3S/c1-3-23-11-9(15)13(25-5-7-27(17,18)19)14(10(16)12(11)24-4-2)26-6-8-28(20,21)22;2*1-11-5-6(12-2)8(14)4(10)3(9)7(5)13;7-1-2(8)6(12)4(10)3(9)5(1)11;1-2-8-9-3-4-10(5,6)7;2*3-7(4,5)2-1-6;;;;;;;;;3*1-4(2)3/h1-8H2,(H,17,18,19)(H,20,21,22);13-14H;;;1-4H2,(H,5,6,7);2*6H,1-2H2,(H,3,4,5);;;;;;;;;;;/q-2;;;;-1;;;8*+1;;;/p-5. The number of allylic oxidation sites excluding steroid dienone is 10. The molecule has 0 unspecified atom stereocenters. The molecule has 2 N–H and O–H groups in total. The number of rotatable bonds is 21. The molecule has 0 saturated heterocycles. The molecule has 0 aliphatic heterocycles. The third-order valence-corrected chi connectivity index (χ3v) is 23.3. The van der Waals surface area contributed by atoms with Crippen molar-refractivity contribution in [3.63, 3.8) is 0 Å². The maximum absolute atomic E-state index is 12.9. The van der Waals surface area contributed by atoms with E-state index in [1.807, 2.05) is 0 Å². The van der Waals surface area contributed by atoms with Crippen molar-refractivity contribution >= 4 is 315 Å². The Morgan fingerprint density at radius 1 is 0.348 bits per heavy atom. The maximum atomic E-state index is 12.9. The molecule has 0 atom stereocenters. The Hall–Kier alpha value is 4.77. The van der Waals surface area contributed by atoms with Gasteiger partial charge >= 0.3 is 268 Å². The second-order valence-corrected chi connectivity index (χ2v) is 35.1. The number of halogens is 8. The van der Waals surface area contributed by atoms with Gasteiger partial charge in [0.05, 0.1) is 117 Å². The summed E-state index contributed by atoms with van der Waals surface area (Å²) in [6, 6.07) is 0. The fourth-order valence-electron chi connectivity index (χ4n) is 4.59. The van der Waals surface area contributed by atoms with Crippen LogP contribution in [-0.2, 0) is 111 Å². The van der Waals surface area contributed by atoms with Crippen LogP contribution in [-0.4, -0.2) is 222 Å². The van der Waals surface area contributed by atoms with Crippen LogP contribution in [0.25, 0.3) is 19.4 Å². The zero-order chi connectivity index (χ0) is 83.4. The van der Waals surface area contributed by atoms with E-state index in [0.717, 1.165) is 47.0 Å². The summed E-state index contributed by atoms with van der Waals surface area (Å²) in [5, 5.41) is 15.4. The van der Waals surface area contributed by atoms with Crippen molar-refractivity contribution in [3.8, 4) is 11.5 Å². The molecule has 36 nitrogen and oxygen atoms in total. The molecule has 1 aromatic rings. The molecule has 68 heteroatoms. The Kier molecular flexibility index (Phi) is 105. The smallest absolute Gasteiger partial charge is 0.748 e. The first-order valence-electron chi connectivity index (χ1n) is 23.8. The van der Waals surface area contributed by atoms with Crippen LogP contribution in [0.1, 0.15) is 0 Å². The van der Waals surface area contributed by atoms with E-state index in [0.29, 0.717) is 11.5 Å². The second kappa shape index (κ2) is 79.2. The van der Waals surface area contributed by atoms with Crippen molar-refractivity contribution in [3.05, 3.63) is 138 Å². The van der Waals surface area contributed by atoms with Crippen LogP contribution in [0.4, 0.5) is 11.4 Å². The van der Waals surface area contributed by atoms with Crippen LogP contribution >= 0.6 is 187 Å². The molecule has 584 valence electrons. The van der Waals surface area contributed by atoms with Gasteiger partial charge in [-0.05, 0) is 0 Å². The topological polar surface area (TPSA) is 600 Å². The number of nitrogens with zero attached hydrogens (tertiary/aromatic N) is 4. The zero-order valence-electron chi connectivity index (χ0n) is 57.9. The second-order valence-electron chi connectivity index (χ2n) is 15.2. The van der Waals surface area contributed by atoms with Gasteiger partial charge in [-0.2, -0.15) is 48.8 Å². The van der Waals surface area contributed by atoms with Gasteiger partial charge in [-0.1, -0.05) is 104 Å². The number of thioether (sulfide) groups is 4. The average Bonchev–Trinajstić information content (AvgIpc) is 0.805. The number of hydrogen-bond acceptors (Lipinski definition) is 40. The molecule has 4 rings (SSSR count). The van der Waals surface area contributed by atoms with Crippen LogP contribution < -0.4 is 236 Å². The maximum Gasteiger partial charge on any atom is 1.00 e. The van der Waals surface area contributed by atoms with Crippen LogP contribution in [0, 0.1) is 47.1 Å². The summed E-state index contributed by atoms with van der Waals surface area (Å²) in [6.45, 7) is 37.5. The number of aromatic hydroxyl groups is 2. The molecule has 3 aliphatic carbocycles. The number of phenolic OH excluding ortho intramolecular Hbond substituents is 2. The minimum Gasteiger partial charge on any atom is -0.748 e. The third kappa shape index (κ3) is 71.9. The summed E-state index contributed by atoms with van der Waals surface area (Å²) in [7, 11) is -27.6. The fourth-order valence-corrected chi connectivity index (χ4v) is 16.3. The monoisotopic (exact) mass is 2110 g/mol. The van der Waals surface area contributed by atoms with Gasteiger partial charge in [0.1, 0.15) is 31.6 Å². The van der Waals surface area contributed by atoms with E-state index in [4.69, 9.17) is 157 Å². The Bertz CT molecular complexity index is 4420. The Morgan fingerprint density at radius 2 is 0.554 bits per heavy atom. The summed E-state index contributed by atoms with van der Waals surface area (Å²) in [5.41, 5.74) is -1.93. The first-order chi connectivity index (χ1) is 47.3.